The Balaban J connectivity index is 1.94. The average molecular weight is 376 g/mol. The number of amides is 1. The molecule has 0 spiro atoms. The van der Waals surface area contributed by atoms with Gasteiger partial charge in [0.15, 0.2) is 0 Å². The van der Waals surface area contributed by atoms with Gasteiger partial charge < -0.3 is 10.1 Å². The predicted octanol–water partition coefficient (Wildman–Crippen LogP) is 2.49. The molecule has 2 aromatic carbocycles. The lowest BCUT2D eigenvalue weighted by Crippen LogP contribution is -2.16. The molecule has 0 saturated carbocycles. The van der Waals surface area contributed by atoms with E-state index in [1.807, 2.05) is 0 Å². The Hall–Kier alpha value is -3.33. The van der Waals surface area contributed by atoms with E-state index in [9.17, 15) is 14.0 Å². The van der Waals surface area contributed by atoms with Crippen molar-refractivity contribution in [2.45, 2.75) is 0 Å². The van der Waals surface area contributed by atoms with Crippen molar-refractivity contribution in [2.24, 2.45) is 0 Å². The zero-order valence-electron chi connectivity index (χ0n) is 13.3. The van der Waals surface area contributed by atoms with Crippen molar-refractivity contribution in [3.63, 3.8) is 0 Å². The molecule has 1 heterocycles. The van der Waals surface area contributed by atoms with E-state index < -0.39 is 17.7 Å². The highest BCUT2D eigenvalue weighted by molar-refractivity contribution is 6.31. The maximum atomic E-state index is 13.7. The normalized spacial score (nSPS) is 10.4. The number of hydrogen-bond donors (Lipinski definition) is 1. The van der Waals surface area contributed by atoms with E-state index in [1.165, 1.54) is 29.2 Å². The SMILES string of the molecule is COC(=O)c1cc(NC(=O)c2cc(Cl)ccc2-n2cnnn2)ccc1F. The van der Waals surface area contributed by atoms with Crippen LogP contribution in [0.25, 0.3) is 5.69 Å². The summed E-state index contributed by atoms with van der Waals surface area (Å²) >= 11 is 5.98. The lowest BCUT2D eigenvalue weighted by Gasteiger charge is -2.11. The molecule has 0 saturated heterocycles. The minimum absolute atomic E-state index is 0.189. The van der Waals surface area contributed by atoms with Crippen molar-refractivity contribution >= 4 is 29.2 Å². The number of anilines is 1. The van der Waals surface area contributed by atoms with Crippen molar-refractivity contribution in [3.8, 4) is 5.69 Å². The molecule has 3 rings (SSSR count). The van der Waals surface area contributed by atoms with E-state index in [-0.39, 0.29) is 16.8 Å². The molecule has 0 bridgehead atoms. The van der Waals surface area contributed by atoms with Gasteiger partial charge in [-0.05, 0) is 46.8 Å². The summed E-state index contributed by atoms with van der Waals surface area (Å²) in [5, 5.41) is 13.7. The van der Waals surface area contributed by atoms with Crippen LogP contribution in [0.4, 0.5) is 10.1 Å². The monoisotopic (exact) mass is 375 g/mol. The summed E-state index contributed by atoms with van der Waals surface area (Å²) in [5.41, 5.74) is 0.498. The van der Waals surface area contributed by atoms with Crippen molar-refractivity contribution < 1.29 is 18.7 Å². The van der Waals surface area contributed by atoms with Gasteiger partial charge in [-0.1, -0.05) is 11.6 Å². The van der Waals surface area contributed by atoms with Gasteiger partial charge in [0.1, 0.15) is 12.1 Å². The maximum Gasteiger partial charge on any atom is 0.340 e. The number of carbonyl (C=O) groups is 2. The molecule has 1 amide bonds. The zero-order valence-corrected chi connectivity index (χ0v) is 14.1. The Bertz CT molecular complexity index is 978. The Kier molecular flexibility index (Phi) is 4.90. The number of carbonyl (C=O) groups excluding carboxylic acids is 2. The first-order chi connectivity index (χ1) is 12.5. The van der Waals surface area contributed by atoms with Crippen LogP contribution in [0.3, 0.4) is 0 Å². The van der Waals surface area contributed by atoms with Gasteiger partial charge in [0, 0.05) is 10.7 Å². The molecule has 3 aromatic rings. The fourth-order valence-electron chi connectivity index (χ4n) is 2.23. The number of methoxy groups -OCH3 is 1. The Morgan fingerprint density at radius 1 is 1.19 bits per heavy atom. The van der Waals surface area contributed by atoms with Crippen LogP contribution in [-0.2, 0) is 4.74 Å². The predicted molar refractivity (Wildman–Crippen MR) is 89.9 cm³/mol. The molecule has 0 radical (unpaired) electrons. The van der Waals surface area contributed by atoms with Gasteiger partial charge >= 0.3 is 5.97 Å². The lowest BCUT2D eigenvalue weighted by molar-refractivity contribution is 0.0595. The van der Waals surface area contributed by atoms with E-state index in [1.54, 1.807) is 12.1 Å². The molecule has 0 aliphatic rings. The second kappa shape index (κ2) is 7.28. The van der Waals surface area contributed by atoms with Crippen LogP contribution in [0, 0.1) is 5.82 Å². The van der Waals surface area contributed by atoms with Crippen LogP contribution in [-0.4, -0.2) is 39.2 Å². The summed E-state index contributed by atoms with van der Waals surface area (Å²) < 4.78 is 19.5. The third kappa shape index (κ3) is 3.52. The van der Waals surface area contributed by atoms with Gasteiger partial charge in [-0.25, -0.2) is 9.18 Å². The zero-order chi connectivity index (χ0) is 18.7. The fraction of sp³-hybridized carbons (Fsp3) is 0.0625. The van der Waals surface area contributed by atoms with E-state index in [0.29, 0.717) is 10.7 Å². The molecule has 132 valence electrons. The molecule has 0 aliphatic heterocycles. The smallest absolute Gasteiger partial charge is 0.340 e. The highest BCUT2D eigenvalue weighted by atomic mass is 35.5. The molecule has 0 unspecified atom stereocenters. The topological polar surface area (TPSA) is 99.0 Å². The Morgan fingerprint density at radius 2 is 2.00 bits per heavy atom. The summed E-state index contributed by atoms with van der Waals surface area (Å²) in [6.07, 6.45) is 1.33. The first-order valence-electron chi connectivity index (χ1n) is 7.21. The molecule has 1 N–H and O–H groups in total. The molecule has 8 nitrogen and oxygen atoms in total. The Morgan fingerprint density at radius 3 is 2.69 bits per heavy atom. The number of halogens is 2. The molecule has 0 aliphatic carbocycles. The molecule has 1 aromatic heterocycles. The standard InChI is InChI=1S/C16H11ClFN5O3/c1-26-16(25)11-7-10(3-4-13(11)18)20-15(24)12-6-9(17)2-5-14(12)23-8-19-21-22-23/h2-8H,1H3,(H,20,24). The number of tetrazole rings is 1. The van der Waals surface area contributed by atoms with Crippen LogP contribution in [0.2, 0.25) is 5.02 Å². The second-order valence-electron chi connectivity index (χ2n) is 5.06. The number of ether oxygens (including phenoxy) is 1. The molecule has 26 heavy (non-hydrogen) atoms. The lowest BCUT2D eigenvalue weighted by atomic mass is 10.1. The summed E-state index contributed by atoms with van der Waals surface area (Å²) in [4.78, 5) is 24.2. The number of benzene rings is 2. The molecule has 0 fully saturated rings. The number of esters is 1. The number of nitrogens with zero attached hydrogens (tertiary/aromatic N) is 4. The highest BCUT2D eigenvalue weighted by Gasteiger charge is 2.17. The number of aromatic nitrogens is 4. The van der Waals surface area contributed by atoms with Gasteiger partial charge in [0.05, 0.1) is 23.9 Å². The summed E-state index contributed by atoms with van der Waals surface area (Å²) in [7, 11) is 1.14. The molecular weight excluding hydrogens is 365 g/mol. The van der Waals surface area contributed by atoms with E-state index in [2.05, 4.69) is 25.6 Å². The van der Waals surface area contributed by atoms with Crippen molar-refractivity contribution in [1.82, 2.24) is 20.2 Å². The van der Waals surface area contributed by atoms with Crippen molar-refractivity contribution in [1.29, 1.82) is 0 Å². The fourth-order valence-corrected chi connectivity index (χ4v) is 2.40. The number of hydrogen-bond acceptors (Lipinski definition) is 6. The van der Waals surface area contributed by atoms with Crippen LogP contribution >= 0.6 is 11.6 Å². The van der Waals surface area contributed by atoms with Crippen molar-refractivity contribution in [3.05, 3.63) is 64.7 Å². The van der Waals surface area contributed by atoms with Crippen LogP contribution in [0.5, 0.6) is 0 Å². The first kappa shape index (κ1) is 17.5. The van der Waals surface area contributed by atoms with E-state index >= 15 is 0 Å². The summed E-state index contributed by atoms with van der Waals surface area (Å²) in [5.74, 6) is -2.15. The average Bonchev–Trinajstić information content (AvgIpc) is 3.17. The van der Waals surface area contributed by atoms with Gasteiger partial charge in [0.2, 0.25) is 0 Å². The first-order valence-corrected chi connectivity index (χ1v) is 7.59. The Labute approximate surface area is 151 Å². The highest BCUT2D eigenvalue weighted by Crippen LogP contribution is 2.22. The van der Waals surface area contributed by atoms with E-state index in [4.69, 9.17) is 11.6 Å². The largest absolute Gasteiger partial charge is 0.465 e. The maximum absolute atomic E-state index is 13.7. The quantitative estimate of drug-likeness (QED) is 0.703. The van der Waals surface area contributed by atoms with Crippen LogP contribution in [0.15, 0.2) is 42.7 Å². The van der Waals surface area contributed by atoms with Crippen LogP contribution < -0.4 is 5.32 Å². The number of rotatable bonds is 4. The molecule has 0 atom stereocenters. The van der Waals surface area contributed by atoms with Crippen LogP contribution in [0.1, 0.15) is 20.7 Å². The van der Waals surface area contributed by atoms with Gasteiger partial charge in [-0.2, -0.15) is 4.68 Å². The third-order valence-corrected chi connectivity index (χ3v) is 3.66. The van der Waals surface area contributed by atoms with Gasteiger partial charge in [-0.15, -0.1) is 5.10 Å². The minimum atomic E-state index is -0.851. The molecular formula is C16H11ClFN5O3. The molecule has 10 heteroatoms. The summed E-state index contributed by atoms with van der Waals surface area (Å²) in [6.45, 7) is 0. The van der Waals surface area contributed by atoms with Crippen molar-refractivity contribution in [2.75, 3.05) is 12.4 Å². The van der Waals surface area contributed by atoms with Gasteiger partial charge in [-0.3, -0.25) is 4.79 Å². The van der Waals surface area contributed by atoms with Gasteiger partial charge in [0.25, 0.3) is 5.91 Å². The number of nitrogens with one attached hydrogen (secondary N) is 1. The minimum Gasteiger partial charge on any atom is -0.465 e. The van der Waals surface area contributed by atoms with E-state index in [0.717, 1.165) is 13.2 Å². The summed E-state index contributed by atoms with van der Waals surface area (Å²) in [6, 6.07) is 8.17. The third-order valence-electron chi connectivity index (χ3n) is 3.43. The second-order valence-corrected chi connectivity index (χ2v) is 5.49.